The predicted molar refractivity (Wildman–Crippen MR) is 80.8 cm³/mol. The second kappa shape index (κ2) is 5.31. The maximum Gasteiger partial charge on any atom is 0.257 e. The number of rotatable bonds is 3. The van der Waals surface area contributed by atoms with E-state index < -0.39 is 6.10 Å². The van der Waals surface area contributed by atoms with Crippen LogP contribution in [0.4, 0.5) is 5.69 Å². The molecule has 2 aromatic carbocycles. The minimum Gasteiger partial charge on any atom is -0.378 e. The molecule has 2 aromatic rings. The summed E-state index contributed by atoms with van der Waals surface area (Å²) in [5.41, 5.74) is 3.97. The molecule has 1 aliphatic rings. The van der Waals surface area contributed by atoms with E-state index in [1.54, 1.807) is 11.8 Å². The highest BCUT2D eigenvalue weighted by atomic mass is 32.2. The topological polar surface area (TPSA) is 49.3 Å². The fourth-order valence-corrected chi connectivity index (χ4v) is 3.26. The lowest BCUT2D eigenvalue weighted by Crippen LogP contribution is -2.10. The van der Waals surface area contributed by atoms with Gasteiger partial charge in [-0.3, -0.25) is 4.79 Å². The Bertz CT molecular complexity index is 669. The van der Waals surface area contributed by atoms with Crippen molar-refractivity contribution in [1.82, 2.24) is 0 Å². The van der Waals surface area contributed by atoms with Crippen molar-refractivity contribution in [2.24, 2.45) is 0 Å². The molecule has 20 heavy (non-hydrogen) atoms. The van der Waals surface area contributed by atoms with Crippen LogP contribution in [0.2, 0.25) is 0 Å². The lowest BCUT2D eigenvalue weighted by Gasteiger charge is -2.07. The fourth-order valence-electron chi connectivity index (χ4n) is 2.25. The third kappa shape index (κ3) is 2.44. The third-order valence-corrected chi connectivity index (χ3v) is 4.52. The normalized spacial score (nSPS) is 16.9. The summed E-state index contributed by atoms with van der Waals surface area (Å²) >= 11 is 1.72. The molecule has 0 bridgehead atoms. The smallest absolute Gasteiger partial charge is 0.257 e. The van der Waals surface area contributed by atoms with Crippen LogP contribution in [-0.4, -0.2) is 11.0 Å². The monoisotopic (exact) mass is 285 g/mol. The molecule has 0 saturated heterocycles. The van der Waals surface area contributed by atoms with Gasteiger partial charge in [0.05, 0.1) is 0 Å². The third-order valence-electron chi connectivity index (χ3n) is 3.48. The molecule has 102 valence electrons. The van der Waals surface area contributed by atoms with E-state index in [-0.39, 0.29) is 5.91 Å². The lowest BCUT2D eigenvalue weighted by molar-refractivity contribution is -0.123. The van der Waals surface area contributed by atoms with Crippen LogP contribution in [0.5, 0.6) is 0 Å². The molecule has 4 heteroatoms. The minimum absolute atomic E-state index is 0.346. The summed E-state index contributed by atoms with van der Waals surface area (Å²) in [6.07, 6.45) is -1.03. The number of benzene rings is 2. The Kier molecular flexibility index (Phi) is 3.51. The Morgan fingerprint density at radius 1 is 1.25 bits per heavy atom. The Morgan fingerprint density at radius 3 is 2.85 bits per heavy atom. The molecule has 0 saturated carbocycles. The highest BCUT2D eigenvalue weighted by molar-refractivity contribution is 7.98. The Balaban J connectivity index is 1.76. The molecule has 1 atom stereocenters. The van der Waals surface area contributed by atoms with Crippen LogP contribution in [0, 0.1) is 6.92 Å². The zero-order valence-electron chi connectivity index (χ0n) is 11.1. The molecule has 1 amide bonds. The molecule has 0 aromatic heterocycles. The summed E-state index contributed by atoms with van der Waals surface area (Å²) in [4.78, 5) is 12.5. The number of carbonyl (C=O) groups is 1. The number of hydrogen-bond acceptors (Lipinski definition) is 3. The number of amides is 1. The van der Waals surface area contributed by atoms with Gasteiger partial charge in [0, 0.05) is 21.9 Å². The largest absolute Gasteiger partial charge is 0.378 e. The van der Waals surface area contributed by atoms with Crippen molar-refractivity contribution in [3.8, 4) is 0 Å². The Hall–Kier alpha value is -1.78. The van der Waals surface area contributed by atoms with Crippen LogP contribution >= 0.6 is 11.8 Å². The maximum atomic E-state index is 11.4. The Labute approximate surface area is 122 Å². The molecule has 0 spiro atoms. The summed E-state index contributed by atoms with van der Waals surface area (Å²) in [5, 5.41) is 12.4. The van der Waals surface area contributed by atoms with Crippen molar-refractivity contribution in [2.75, 3.05) is 5.32 Å². The first-order chi connectivity index (χ1) is 9.65. The second-order valence-corrected chi connectivity index (χ2v) is 5.90. The van der Waals surface area contributed by atoms with Crippen molar-refractivity contribution < 1.29 is 9.90 Å². The van der Waals surface area contributed by atoms with E-state index in [1.165, 1.54) is 11.1 Å². The van der Waals surface area contributed by atoms with Crippen LogP contribution in [0.3, 0.4) is 0 Å². The summed E-state index contributed by atoms with van der Waals surface area (Å²) in [6.45, 7) is 2.11. The minimum atomic E-state index is -1.03. The average Bonchev–Trinajstić information content (AvgIpc) is 2.73. The first-order valence-electron chi connectivity index (χ1n) is 6.45. The van der Waals surface area contributed by atoms with E-state index in [1.807, 2.05) is 30.3 Å². The molecule has 1 unspecified atom stereocenters. The van der Waals surface area contributed by atoms with Gasteiger partial charge in [0.25, 0.3) is 5.91 Å². The van der Waals surface area contributed by atoms with E-state index in [9.17, 15) is 9.90 Å². The second-order valence-electron chi connectivity index (χ2n) is 4.86. The van der Waals surface area contributed by atoms with E-state index >= 15 is 0 Å². The van der Waals surface area contributed by atoms with E-state index in [2.05, 4.69) is 24.4 Å². The number of nitrogens with one attached hydrogen (secondary N) is 1. The van der Waals surface area contributed by atoms with Crippen molar-refractivity contribution in [1.29, 1.82) is 0 Å². The molecule has 0 aliphatic carbocycles. The predicted octanol–water partition coefficient (Wildman–Crippen LogP) is 3.27. The number of fused-ring (bicyclic) bond motifs is 1. The van der Waals surface area contributed by atoms with Gasteiger partial charge in [-0.2, -0.15) is 0 Å². The first-order valence-corrected chi connectivity index (χ1v) is 7.44. The molecular weight excluding hydrogens is 270 g/mol. The molecule has 3 rings (SSSR count). The number of aliphatic hydroxyl groups is 1. The van der Waals surface area contributed by atoms with Gasteiger partial charge in [0.2, 0.25) is 0 Å². The summed E-state index contributed by atoms with van der Waals surface area (Å²) in [5.74, 6) is 0.545. The van der Waals surface area contributed by atoms with Crippen molar-refractivity contribution >= 4 is 23.4 Å². The first kappa shape index (κ1) is 13.2. The summed E-state index contributed by atoms with van der Waals surface area (Å²) < 4.78 is 0. The van der Waals surface area contributed by atoms with Gasteiger partial charge in [0.15, 0.2) is 6.10 Å². The zero-order chi connectivity index (χ0) is 14.1. The lowest BCUT2D eigenvalue weighted by atomic mass is 10.1. The van der Waals surface area contributed by atoms with Gasteiger partial charge < -0.3 is 10.4 Å². The SMILES string of the molecule is Cc1ccccc1CSc1ccc2c(c1)NC(=O)C2O. The highest BCUT2D eigenvalue weighted by Gasteiger charge is 2.28. The van der Waals surface area contributed by atoms with Gasteiger partial charge in [-0.1, -0.05) is 30.3 Å². The molecular formula is C16H15NO2S. The molecule has 1 aliphatic heterocycles. The zero-order valence-corrected chi connectivity index (χ0v) is 11.9. The van der Waals surface area contributed by atoms with Crippen molar-refractivity contribution in [3.05, 3.63) is 59.2 Å². The van der Waals surface area contributed by atoms with E-state index in [4.69, 9.17) is 0 Å². The maximum absolute atomic E-state index is 11.4. The van der Waals surface area contributed by atoms with Crippen LogP contribution < -0.4 is 5.32 Å². The summed E-state index contributed by atoms with van der Waals surface area (Å²) in [6, 6.07) is 14.0. The van der Waals surface area contributed by atoms with Crippen LogP contribution in [0.25, 0.3) is 0 Å². The number of aryl methyl sites for hydroxylation is 1. The van der Waals surface area contributed by atoms with Crippen LogP contribution in [0.15, 0.2) is 47.4 Å². The summed E-state index contributed by atoms with van der Waals surface area (Å²) in [7, 11) is 0. The van der Waals surface area contributed by atoms with Crippen LogP contribution in [0.1, 0.15) is 22.8 Å². The molecule has 3 nitrogen and oxygen atoms in total. The number of aliphatic hydroxyl groups excluding tert-OH is 1. The van der Waals surface area contributed by atoms with E-state index in [0.29, 0.717) is 5.56 Å². The number of thioether (sulfide) groups is 1. The van der Waals surface area contributed by atoms with Crippen LogP contribution in [-0.2, 0) is 10.5 Å². The van der Waals surface area contributed by atoms with Gasteiger partial charge in [-0.15, -0.1) is 11.8 Å². The standard InChI is InChI=1S/C16H15NO2S/c1-10-4-2-3-5-11(10)9-20-12-6-7-13-14(8-12)17-16(19)15(13)18/h2-8,15,18H,9H2,1H3,(H,17,19). The molecule has 2 N–H and O–H groups in total. The molecule has 0 radical (unpaired) electrons. The van der Waals surface area contributed by atoms with Gasteiger partial charge >= 0.3 is 0 Å². The average molecular weight is 285 g/mol. The van der Waals surface area contributed by atoms with E-state index in [0.717, 1.165) is 16.3 Å². The van der Waals surface area contributed by atoms with Gasteiger partial charge in [-0.05, 0) is 30.2 Å². The van der Waals surface area contributed by atoms with Crippen molar-refractivity contribution in [3.63, 3.8) is 0 Å². The number of anilines is 1. The van der Waals surface area contributed by atoms with Gasteiger partial charge in [0.1, 0.15) is 0 Å². The Morgan fingerprint density at radius 2 is 2.05 bits per heavy atom. The molecule has 0 fully saturated rings. The molecule has 1 heterocycles. The highest BCUT2D eigenvalue weighted by Crippen LogP contribution is 2.35. The number of carbonyl (C=O) groups excluding carboxylic acids is 1. The quantitative estimate of drug-likeness (QED) is 0.851. The fraction of sp³-hybridized carbons (Fsp3) is 0.188. The number of hydrogen-bond donors (Lipinski definition) is 2. The van der Waals surface area contributed by atoms with Gasteiger partial charge in [-0.25, -0.2) is 0 Å². The van der Waals surface area contributed by atoms with Crippen molar-refractivity contribution in [2.45, 2.75) is 23.7 Å².